The molecular formula is C23H24N2O3. The summed E-state index contributed by atoms with van der Waals surface area (Å²) in [5.41, 5.74) is 3.05. The molecule has 0 bridgehead atoms. The molecule has 0 saturated carbocycles. The Bertz CT molecular complexity index is 952. The van der Waals surface area contributed by atoms with Crippen LogP contribution in [0.25, 0.3) is 6.08 Å². The summed E-state index contributed by atoms with van der Waals surface area (Å²) in [5.74, 6) is -0.136. The van der Waals surface area contributed by atoms with Gasteiger partial charge in [0.05, 0.1) is 5.70 Å². The van der Waals surface area contributed by atoms with Gasteiger partial charge in [0, 0.05) is 17.8 Å². The minimum atomic E-state index is -0.575. The summed E-state index contributed by atoms with van der Waals surface area (Å²) in [4.78, 5) is 25.1. The highest BCUT2D eigenvalue weighted by molar-refractivity contribution is 6.12. The first kappa shape index (κ1) is 19.4. The zero-order valence-corrected chi connectivity index (χ0v) is 16.3. The van der Waals surface area contributed by atoms with Gasteiger partial charge in [0.1, 0.15) is 5.60 Å². The average molecular weight is 376 g/mol. The number of carbonyl (C=O) groups excluding carboxylic acids is 2. The zero-order chi connectivity index (χ0) is 20.1. The van der Waals surface area contributed by atoms with Gasteiger partial charge < -0.3 is 15.4 Å². The molecule has 1 aliphatic rings. The first-order valence-electron chi connectivity index (χ1n) is 9.17. The van der Waals surface area contributed by atoms with E-state index in [9.17, 15) is 9.59 Å². The largest absolute Gasteiger partial charge is 0.444 e. The molecule has 1 aliphatic heterocycles. The molecule has 3 rings (SSSR count). The Kier molecular flexibility index (Phi) is 5.64. The van der Waals surface area contributed by atoms with Crippen molar-refractivity contribution in [2.45, 2.75) is 32.9 Å². The number of ether oxygens (including phenoxy) is 1. The number of alkyl carbamates (subject to hydrolysis) is 1. The third-order valence-electron chi connectivity index (χ3n) is 4.10. The SMILES string of the molecule is CC(C)(C)OC(=O)NCc1ccccc1C(=O)C1=CC=Cc2ccccc2N1. The maximum atomic E-state index is 13.1. The van der Waals surface area contributed by atoms with Gasteiger partial charge in [0.25, 0.3) is 0 Å². The summed E-state index contributed by atoms with van der Waals surface area (Å²) in [5, 5.41) is 5.93. The molecule has 0 spiro atoms. The van der Waals surface area contributed by atoms with Crippen LogP contribution in [0.3, 0.4) is 0 Å². The van der Waals surface area contributed by atoms with Crippen molar-refractivity contribution in [3.05, 3.63) is 83.1 Å². The molecule has 1 heterocycles. The molecule has 2 aromatic rings. The van der Waals surface area contributed by atoms with Gasteiger partial charge in [-0.1, -0.05) is 54.6 Å². The zero-order valence-electron chi connectivity index (χ0n) is 16.3. The molecule has 144 valence electrons. The van der Waals surface area contributed by atoms with Gasteiger partial charge >= 0.3 is 6.09 Å². The Morgan fingerprint density at radius 1 is 1.04 bits per heavy atom. The highest BCUT2D eigenvalue weighted by Gasteiger charge is 2.19. The van der Waals surface area contributed by atoms with Gasteiger partial charge in [-0.05, 0) is 44.0 Å². The van der Waals surface area contributed by atoms with Crippen molar-refractivity contribution in [3.63, 3.8) is 0 Å². The fraction of sp³-hybridized carbons (Fsp3) is 0.217. The monoisotopic (exact) mass is 376 g/mol. The molecular weight excluding hydrogens is 352 g/mol. The number of ketones is 1. The van der Waals surface area contributed by atoms with Crippen molar-refractivity contribution in [1.29, 1.82) is 0 Å². The standard InChI is InChI=1S/C23H24N2O3/c1-23(2,3)28-22(27)24-15-17-10-4-6-12-18(17)21(26)20-14-8-11-16-9-5-7-13-19(16)25-20/h4-14,25H,15H2,1-3H3,(H,24,27). The molecule has 5 heteroatoms. The molecule has 2 aromatic carbocycles. The summed E-state index contributed by atoms with van der Waals surface area (Å²) < 4.78 is 5.26. The van der Waals surface area contributed by atoms with Crippen molar-refractivity contribution in [2.24, 2.45) is 0 Å². The number of benzene rings is 2. The molecule has 0 unspecified atom stereocenters. The van der Waals surface area contributed by atoms with Gasteiger partial charge in [0.2, 0.25) is 5.78 Å². The maximum absolute atomic E-state index is 13.1. The maximum Gasteiger partial charge on any atom is 0.407 e. The second-order valence-corrected chi connectivity index (χ2v) is 7.49. The number of rotatable bonds is 4. The number of nitrogens with one attached hydrogen (secondary N) is 2. The smallest absolute Gasteiger partial charge is 0.407 e. The van der Waals surface area contributed by atoms with Crippen LogP contribution in [0.1, 0.15) is 42.3 Å². The van der Waals surface area contributed by atoms with Crippen LogP contribution in [0.5, 0.6) is 0 Å². The second-order valence-electron chi connectivity index (χ2n) is 7.49. The Morgan fingerprint density at radius 3 is 2.54 bits per heavy atom. The number of hydrogen-bond acceptors (Lipinski definition) is 4. The van der Waals surface area contributed by atoms with Crippen LogP contribution in [0, 0.1) is 0 Å². The Labute approximate surface area is 165 Å². The molecule has 0 saturated heterocycles. The Hall–Kier alpha value is -3.34. The molecule has 0 aliphatic carbocycles. The minimum absolute atomic E-state index is 0.136. The molecule has 0 fully saturated rings. The summed E-state index contributed by atoms with van der Waals surface area (Å²) in [6, 6.07) is 15.0. The summed E-state index contributed by atoms with van der Waals surface area (Å²) in [6.07, 6.45) is 5.06. The summed E-state index contributed by atoms with van der Waals surface area (Å²) in [6.45, 7) is 5.62. The molecule has 0 atom stereocenters. The molecule has 0 aromatic heterocycles. The number of Topliss-reactive ketones (excluding diaryl/α,β-unsaturated/α-hetero) is 1. The fourth-order valence-corrected chi connectivity index (χ4v) is 2.85. The number of allylic oxidation sites excluding steroid dienone is 3. The van der Waals surface area contributed by atoms with Gasteiger partial charge in [-0.2, -0.15) is 0 Å². The number of hydrogen-bond donors (Lipinski definition) is 2. The summed E-state index contributed by atoms with van der Waals surface area (Å²) >= 11 is 0. The van der Waals surface area contributed by atoms with Crippen molar-refractivity contribution in [2.75, 3.05) is 5.32 Å². The van der Waals surface area contributed by atoms with E-state index in [0.29, 0.717) is 11.3 Å². The highest BCUT2D eigenvalue weighted by Crippen LogP contribution is 2.24. The van der Waals surface area contributed by atoms with Gasteiger partial charge in [-0.3, -0.25) is 4.79 Å². The van der Waals surface area contributed by atoms with Crippen molar-refractivity contribution >= 4 is 23.6 Å². The first-order chi connectivity index (χ1) is 13.3. The molecule has 2 N–H and O–H groups in total. The van der Waals surface area contributed by atoms with Crippen LogP contribution in [-0.2, 0) is 11.3 Å². The predicted octanol–water partition coefficient (Wildman–Crippen LogP) is 4.92. The Balaban J connectivity index is 1.77. The quantitative estimate of drug-likeness (QED) is 0.744. The van der Waals surface area contributed by atoms with E-state index in [1.54, 1.807) is 32.9 Å². The van der Waals surface area contributed by atoms with E-state index < -0.39 is 11.7 Å². The third kappa shape index (κ3) is 4.88. The van der Waals surface area contributed by atoms with E-state index in [0.717, 1.165) is 16.8 Å². The van der Waals surface area contributed by atoms with Crippen molar-refractivity contribution in [1.82, 2.24) is 5.32 Å². The lowest BCUT2D eigenvalue weighted by Gasteiger charge is -2.20. The average Bonchev–Trinajstić information content (AvgIpc) is 2.87. The predicted molar refractivity (Wildman–Crippen MR) is 111 cm³/mol. The van der Waals surface area contributed by atoms with E-state index in [1.165, 1.54) is 0 Å². The normalized spacial score (nSPS) is 12.9. The van der Waals surface area contributed by atoms with Crippen LogP contribution >= 0.6 is 0 Å². The van der Waals surface area contributed by atoms with E-state index in [1.807, 2.05) is 54.6 Å². The first-order valence-corrected chi connectivity index (χ1v) is 9.17. The molecule has 28 heavy (non-hydrogen) atoms. The van der Waals surface area contributed by atoms with Gasteiger partial charge in [0.15, 0.2) is 0 Å². The number of para-hydroxylation sites is 1. The Morgan fingerprint density at radius 2 is 1.75 bits per heavy atom. The number of anilines is 1. The molecule has 1 amide bonds. The van der Waals surface area contributed by atoms with Crippen LogP contribution in [-0.4, -0.2) is 17.5 Å². The number of carbonyl (C=O) groups is 2. The van der Waals surface area contributed by atoms with Crippen LogP contribution in [0.4, 0.5) is 10.5 Å². The fourth-order valence-electron chi connectivity index (χ4n) is 2.85. The van der Waals surface area contributed by atoms with E-state index >= 15 is 0 Å². The van der Waals surface area contributed by atoms with Crippen LogP contribution in [0.2, 0.25) is 0 Å². The second kappa shape index (κ2) is 8.13. The lowest BCUT2D eigenvalue weighted by Crippen LogP contribution is -2.32. The van der Waals surface area contributed by atoms with Gasteiger partial charge in [-0.25, -0.2) is 4.79 Å². The van der Waals surface area contributed by atoms with Gasteiger partial charge in [-0.15, -0.1) is 0 Å². The highest BCUT2D eigenvalue weighted by atomic mass is 16.6. The van der Waals surface area contributed by atoms with E-state index in [-0.39, 0.29) is 12.3 Å². The number of fused-ring (bicyclic) bond motifs is 1. The van der Waals surface area contributed by atoms with E-state index in [4.69, 9.17) is 4.74 Å². The third-order valence-corrected chi connectivity index (χ3v) is 4.10. The molecule has 5 nitrogen and oxygen atoms in total. The number of amides is 1. The lowest BCUT2D eigenvalue weighted by atomic mass is 10.0. The minimum Gasteiger partial charge on any atom is -0.444 e. The topological polar surface area (TPSA) is 67.4 Å². The van der Waals surface area contributed by atoms with E-state index in [2.05, 4.69) is 10.6 Å². The molecule has 0 radical (unpaired) electrons. The van der Waals surface area contributed by atoms with Crippen molar-refractivity contribution < 1.29 is 14.3 Å². The lowest BCUT2D eigenvalue weighted by molar-refractivity contribution is 0.0523. The van der Waals surface area contributed by atoms with Crippen LogP contribution < -0.4 is 10.6 Å². The van der Waals surface area contributed by atoms with Crippen molar-refractivity contribution in [3.8, 4) is 0 Å². The summed E-state index contributed by atoms with van der Waals surface area (Å²) in [7, 11) is 0. The van der Waals surface area contributed by atoms with Crippen LogP contribution in [0.15, 0.2) is 66.4 Å².